The minimum atomic E-state index is -0.843. The molecule has 0 amide bonds. The maximum atomic E-state index is 13.0. The Bertz CT molecular complexity index is 1210. The number of hydrogen-bond donors (Lipinski definition) is 1. The van der Waals surface area contributed by atoms with Gasteiger partial charge in [0.25, 0.3) is 11.4 Å². The first-order valence-electron chi connectivity index (χ1n) is 8.43. The molecule has 8 heteroatoms. The van der Waals surface area contributed by atoms with Crippen molar-refractivity contribution in [1.29, 1.82) is 0 Å². The van der Waals surface area contributed by atoms with Crippen molar-refractivity contribution in [1.82, 2.24) is 15.2 Å². The fraction of sp³-hybridized carbons (Fsp3) is 0.100. The zero-order valence-corrected chi connectivity index (χ0v) is 14.7. The van der Waals surface area contributed by atoms with Crippen molar-refractivity contribution < 1.29 is 18.3 Å². The van der Waals surface area contributed by atoms with Gasteiger partial charge in [0.2, 0.25) is 5.89 Å². The molecule has 1 atom stereocenters. The van der Waals surface area contributed by atoms with E-state index in [9.17, 15) is 14.0 Å². The first-order valence-corrected chi connectivity index (χ1v) is 8.43. The average molecular weight is 379 g/mol. The van der Waals surface area contributed by atoms with Crippen LogP contribution in [-0.4, -0.2) is 21.2 Å². The molecule has 0 spiro atoms. The minimum Gasteiger partial charge on any atom is -0.448 e. The first kappa shape index (κ1) is 17.6. The number of halogens is 1. The zero-order chi connectivity index (χ0) is 19.7. The van der Waals surface area contributed by atoms with E-state index < -0.39 is 12.1 Å². The van der Waals surface area contributed by atoms with Gasteiger partial charge in [-0.3, -0.25) is 4.79 Å². The number of rotatable bonds is 4. The summed E-state index contributed by atoms with van der Waals surface area (Å²) < 4.78 is 23.9. The van der Waals surface area contributed by atoms with Crippen molar-refractivity contribution in [2.45, 2.75) is 13.0 Å². The van der Waals surface area contributed by atoms with Crippen LogP contribution in [0.1, 0.15) is 29.4 Å². The molecule has 140 valence electrons. The summed E-state index contributed by atoms with van der Waals surface area (Å²) in [7, 11) is 0. The molecule has 1 N–H and O–H groups in total. The molecule has 0 aliphatic heterocycles. The number of aromatic amines is 1. The van der Waals surface area contributed by atoms with Crippen molar-refractivity contribution in [3.8, 4) is 11.5 Å². The Morgan fingerprint density at radius 2 is 1.89 bits per heavy atom. The molecule has 7 nitrogen and oxygen atoms in total. The maximum Gasteiger partial charge on any atom is 0.355 e. The number of pyridine rings is 1. The summed E-state index contributed by atoms with van der Waals surface area (Å²) in [4.78, 5) is 27.0. The van der Waals surface area contributed by atoms with E-state index in [1.807, 2.05) is 0 Å². The SMILES string of the molecule is C[C@H](OC(=O)c1cc2ccccc2c(=O)[nH]1)c1nnc(-c2ccc(F)cc2)o1. The van der Waals surface area contributed by atoms with E-state index >= 15 is 0 Å². The van der Waals surface area contributed by atoms with Crippen LogP contribution in [0.4, 0.5) is 4.39 Å². The monoisotopic (exact) mass is 379 g/mol. The van der Waals surface area contributed by atoms with Crippen LogP contribution in [0.25, 0.3) is 22.2 Å². The normalized spacial score (nSPS) is 12.1. The lowest BCUT2D eigenvalue weighted by atomic mass is 10.1. The third kappa shape index (κ3) is 3.39. The van der Waals surface area contributed by atoms with Gasteiger partial charge in [0, 0.05) is 10.9 Å². The number of hydrogen-bond acceptors (Lipinski definition) is 6. The van der Waals surface area contributed by atoms with Crippen molar-refractivity contribution in [3.05, 3.63) is 82.4 Å². The molecule has 2 aromatic carbocycles. The molecule has 0 saturated carbocycles. The van der Waals surface area contributed by atoms with Crippen molar-refractivity contribution in [2.75, 3.05) is 0 Å². The fourth-order valence-corrected chi connectivity index (χ4v) is 2.70. The van der Waals surface area contributed by atoms with Gasteiger partial charge in [-0.2, -0.15) is 0 Å². The average Bonchev–Trinajstić information content (AvgIpc) is 3.19. The largest absolute Gasteiger partial charge is 0.448 e. The van der Waals surface area contributed by atoms with Gasteiger partial charge in [-0.1, -0.05) is 18.2 Å². The van der Waals surface area contributed by atoms with Crippen LogP contribution >= 0.6 is 0 Å². The molecule has 4 rings (SSSR count). The topological polar surface area (TPSA) is 98.1 Å². The van der Waals surface area contributed by atoms with Crippen molar-refractivity contribution in [3.63, 3.8) is 0 Å². The number of carbonyl (C=O) groups excluding carboxylic acids is 1. The van der Waals surface area contributed by atoms with E-state index in [1.165, 1.54) is 24.3 Å². The highest BCUT2D eigenvalue weighted by atomic mass is 19.1. The Labute approximate surface area is 157 Å². The number of esters is 1. The number of carbonyl (C=O) groups is 1. The Morgan fingerprint density at radius 3 is 2.68 bits per heavy atom. The lowest BCUT2D eigenvalue weighted by molar-refractivity contribution is 0.0273. The van der Waals surface area contributed by atoms with Crippen molar-refractivity contribution in [2.24, 2.45) is 0 Å². The number of nitrogens with one attached hydrogen (secondary N) is 1. The predicted octanol–water partition coefficient (Wildman–Crippen LogP) is 3.64. The third-order valence-corrected chi connectivity index (χ3v) is 4.14. The predicted molar refractivity (Wildman–Crippen MR) is 98.1 cm³/mol. The van der Waals surface area contributed by atoms with Crippen LogP contribution < -0.4 is 5.56 Å². The molecule has 0 unspecified atom stereocenters. The smallest absolute Gasteiger partial charge is 0.355 e. The van der Waals surface area contributed by atoms with Crippen LogP contribution in [0.15, 0.2) is 63.8 Å². The quantitative estimate of drug-likeness (QED) is 0.544. The molecule has 0 radical (unpaired) electrons. The summed E-state index contributed by atoms with van der Waals surface area (Å²) in [6.45, 7) is 1.57. The second-order valence-electron chi connectivity index (χ2n) is 6.10. The standard InChI is InChI=1S/C20H14FN3O4/c1-11(18-23-24-19(28-18)12-6-8-14(21)9-7-12)27-20(26)16-10-13-4-2-3-5-15(13)17(25)22-16/h2-11H,1H3,(H,22,25)/t11-/m0/s1. The number of benzene rings is 2. The Hall–Kier alpha value is -3.81. The second-order valence-corrected chi connectivity index (χ2v) is 6.10. The number of fused-ring (bicyclic) bond motifs is 1. The molecule has 28 heavy (non-hydrogen) atoms. The van der Waals surface area contributed by atoms with E-state index in [-0.39, 0.29) is 28.9 Å². The van der Waals surface area contributed by atoms with E-state index in [0.717, 1.165) is 0 Å². The molecular formula is C20H14FN3O4. The van der Waals surface area contributed by atoms with E-state index in [2.05, 4.69) is 15.2 Å². The van der Waals surface area contributed by atoms with Gasteiger partial charge < -0.3 is 14.1 Å². The molecule has 2 aromatic heterocycles. The highest BCUT2D eigenvalue weighted by Gasteiger charge is 2.21. The van der Waals surface area contributed by atoms with E-state index in [0.29, 0.717) is 16.3 Å². The summed E-state index contributed by atoms with van der Waals surface area (Å²) >= 11 is 0. The minimum absolute atomic E-state index is 0.0221. The highest BCUT2D eigenvalue weighted by molar-refractivity contribution is 5.93. The summed E-state index contributed by atoms with van der Waals surface area (Å²) in [6.07, 6.45) is -0.843. The van der Waals surface area contributed by atoms with Gasteiger partial charge in [0.05, 0.1) is 0 Å². The van der Waals surface area contributed by atoms with Crippen LogP contribution in [0, 0.1) is 5.82 Å². The molecule has 0 aliphatic rings. The summed E-state index contributed by atoms with van der Waals surface area (Å²) in [5.41, 5.74) is 0.181. The molecule has 0 saturated heterocycles. The number of H-pyrrole nitrogens is 1. The van der Waals surface area contributed by atoms with Gasteiger partial charge in [-0.15, -0.1) is 10.2 Å². The van der Waals surface area contributed by atoms with Gasteiger partial charge in [0.1, 0.15) is 11.5 Å². The van der Waals surface area contributed by atoms with Crippen LogP contribution in [0.5, 0.6) is 0 Å². The first-order chi connectivity index (χ1) is 13.5. The van der Waals surface area contributed by atoms with Gasteiger partial charge in [-0.05, 0) is 48.7 Å². The Kier molecular flexibility index (Phi) is 4.44. The summed E-state index contributed by atoms with van der Waals surface area (Å²) in [6, 6.07) is 14.0. The fourth-order valence-electron chi connectivity index (χ4n) is 2.70. The zero-order valence-electron chi connectivity index (χ0n) is 14.7. The lowest BCUT2D eigenvalue weighted by Crippen LogP contribution is -2.16. The number of ether oxygens (including phenoxy) is 1. The molecular weight excluding hydrogens is 365 g/mol. The second kappa shape index (κ2) is 7.07. The van der Waals surface area contributed by atoms with Gasteiger partial charge >= 0.3 is 5.97 Å². The highest BCUT2D eigenvalue weighted by Crippen LogP contribution is 2.23. The molecule has 0 bridgehead atoms. The number of aromatic nitrogens is 3. The van der Waals surface area contributed by atoms with E-state index in [1.54, 1.807) is 37.3 Å². The van der Waals surface area contributed by atoms with Gasteiger partial charge in [-0.25, -0.2) is 9.18 Å². The lowest BCUT2D eigenvalue weighted by Gasteiger charge is -2.09. The summed E-state index contributed by atoms with van der Waals surface area (Å²) in [5.74, 6) is -0.847. The van der Waals surface area contributed by atoms with E-state index in [4.69, 9.17) is 9.15 Å². The molecule has 0 fully saturated rings. The summed E-state index contributed by atoms with van der Waals surface area (Å²) in [5, 5.41) is 8.86. The van der Waals surface area contributed by atoms with Crippen molar-refractivity contribution >= 4 is 16.7 Å². The van der Waals surface area contributed by atoms with Gasteiger partial charge in [0.15, 0.2) is 6.10 Å². The van der Waals surface area contributed by atoms with Crippen LogP contribution in [0.3, 0.4) is 0 Å². The third-order valence-electron chi connectivity index (χ3n) is 4.14. The molecule has 2 heterocycles. The van der Waals surface area contributed by atoms with Crippen LogP contribution in [-0.2, 0) is 4.74 Å². The Balaban J connectivity index is 1.54. The molecule has 0 aliphatic carbocycles. The molecule has 4 aromatic rings. The van der Waals surface area contributed by atoms with Crippen LogP contribution in [0.2, 0.25) is 0 Å². The maximum absolute atomic E-state index is 13.0. The number of nitrogens with zero attached hydrogens (tertiary/aromatic N) is 2. The Morgan fingerprint density at radius 1 is 1.14 bits per heavy atom.